The van der Waals surface area contributed by atoms with Crippen molar-refractivity contribution >= 4 is 47.0 Å². The number of aliphatic imine (C=N–C) groups is 2. The molecule has 12 heteroatoms. The molecule has 1 aliphatic heterocycles. The zero-order valence-corrected chi connectivity index (χ0v) is 20.7. The number of rotatable bonds is 8. The van der Waals surface area contributed by atoms with Crippen molar-refractivity contribution in [3.05, 3.63) is 23.7 Å². The van der Waals surface area contributed by atoms with Crippen LogP contribution in [0.2, 0.25) is 0 Å². The Balaban J connectivity index is 0.00000480. The van der Waals surface area contributed by atoms with Crippen molar-refractivity contribution < 1.29 is 26.2 Å². The van der Waals surface area contributed by atoms with Gasteiger partial charge >= 0.3 is 17.1 Å². The Hall–Kier alpha value is -1.56. The van der Waals surface area contributed by atoms with Crippen LogP contribution in [0.15, 0.2) is 36.7 Å². The van der Waals surface area contributed by atoms with Crippen LogP contribution >= 0.6 is 0 Å². The number of nitrogens with one attached hydrogen (secondary N) is 2. The third-order valence-electron chi connectivity index (χ3n) is 4.39. The van der Waals surface area contributed by atoms with Crippen LogP contribution in [0.4, 0.5) is 0 Å². The van der Waals surface area contributed by atoms with Crippen LogP contribution < -0.4 is 10.9 Å². The zero-order chi connectivity index (χ0) is 21.9. The fourth-order valence-corrected chi connectivity index (χ4v) is 3.16. The second kappa shape index (κ2) is 14.5. The SMILES string of the molecule is CCN=C([S-])N/N=C(/C(C)=N/NC([S-])=NCC)c1ccc([C@H](C)N2CCOCC2)o1.[Cu+2]. The summed E-state index contributed by atoms with van der Waals surface area (Å²) < 4.78 is 11.6. The van der Waals surface area contributed by atoms with Crippen molar-refractivity contribution in [1.29, 1.82) is 0 Å². The second-order valence-electron chi connectivity index (χ2n) is 6.47. The number of nitrogens with zero attached hydrogens (tertiary/aromatic N) is 5. The van der Waals surface area contributed by atoms with Crippen LogP contribution in [0.3, 0.4) is 0 Å². The van der Waals surface area contributed by atoms with Crippen molar-refractivity contribution in [1.82, 2.24) is 15.8 Å². The number of amidine groups is 2. The number of furan rings is 1. The Labute approximate surface area is 205 Å². The number of ether oxygens (including phenoxy) is 1. The maximum atomic E-state index is 6.14. The number of morpholine rings is 1. The molecule has 0 saturated carbocycles. The van der Waals surface area contributed by atoms with Crippen LogP contribution in [-0.4, -0.2) is 66.1 Å². The Morgan fingerprint density at radius 3 is 2.23 bits per heavy atom. The van der Waals surface area contributed by atoms with Crippen molar-refractivity contribution in [2.45, 2.75) is 33.7 Å². The fourth-order valence-electron chi connectivity index (χ4n) is 2.81. The van der Waals surface area contributed by atoms with Gasteiger partial charge in [-0.15, -0.1) is 0 Å². The Kier molecular flexibility index (Phi) is 12.8. The zero-order valence-electron chi connectivity index (χ0n) is 18.1. The Morgan fingerprint density at radius 2 is 1.65 bits per heavy atom. The van der Waals surface area contributed by atoms with Crippen LogP contribution in [-0.2, 0) is 47.1 Å². The normalized spacial score (nSPS) is 17.8. The quantitative estimate of drug-likeness (QED) is 0.179. The standard InChI is InChI=1S/C19H31N7O2S2.Cu/c1-5-20-18(29)24-22-13(3)17(23-25-19(30)21-6-2)16-8-7-15(28-16)14(4)26-9-11-27-12-10-26;/h7-8,14H,5-6,9-12H2,1-4H3,(H2,20,24,29)(H2,21,25,30);/q;+2/p-2/b22-13+,23-17-;/t14-;/m0./s1. The monoisotopic (exact) mass is 514 g/mol. The molecular formula is C19H29CuN7O2S2. The largest absolute Gasteiger partial charge is 2.00 e. The van der Waals surface area contributed by atoms with E-state index in [-0.39, 0.29) is 23.1 Å². The van der Waals surface area contributed by atoms with Crippen molar-refractivity contribution in [3.8, 4) is 0 Å². The molecule has 31 heavy (non-hydrogen) atoms. The predicted molar refractivity (Wildman–Crippen MR) is 126 cm³/mol. The first-order valence-electron chi connectivity index (χ1n) is 9.95. The summed E-state index contributed by atoms with van der Waals surface area (Å²) in [4.78, 5) is 10.5. The molecule has 1 aliphatic rings. The molecule has 1 saturated heterocycles. The van der Waals surface area contributed by atoms with Gasteiger partial charge in [-0.05, 0) is 50.2 Å². The van der Waals surface area contributed by atoms with E-state index in [9.17, 15) is 0 Å². The van der Waals surface area contributed by atoms with Gasteiger partial charge in [0.25, 0.3) is 0 Å². The first-order valence-corrected chi connectivity index (χ1v) is 10.8. The summed E-state index contributed by atoms with van der Waals surface area (Å²) in [6.07, 6.45) is 0. The van der Waals surface area contributed by atoms with E-state index in [0.717, 1.165) is 32.1 Å². The number of hydrogen-bond donors (Lipinski definition) is 2. The Bertz CT molecular complexity index is 805. The predicted octanol–water partition coefficient (Wildman–Crippen LogP) is 1.78. The molecule has 9 nitrogen and oxygen atoms in total. The summed E-state index contributed by atoms with van der Waals surface area (Å²) in [5.74, 6) is 1.41. The average molecular weight is 515 g/mol. The molecular weight excluding hydrogens is 486 g/mol. The summed E-state index contributed by atoms with van der Waals surface area (Å²) in [7, 11) is 0. The molecule has 1 fully saturated rings. The van der Waals surface area contributed by atoms with E-state index in [1.165, 1.54) is 0 Å². The van der Waals surface area contributed by atoms with Crippen molar-refractivity contribution in [2.75, 3.05) is 39.4 Å². The van der Waals surface area contributed by atoms with Gasteiger partial charge in [-0.25, -0.2) is 0 Å². The van der Waals surface area contributed by atoms with E-state index >= 15 is 0 Å². The Morgan fingerprint density at radius 1 is 1.06 bits per heavy atom. The topological polar surface area (TPSA) is 99.1 Å². The van der Waals surface area contributed by atoms with Gasteiger partial charge in [0.05, 0.1) is 25.0 Å². The summed E-state index contributed by atoms with van der Waals surface area (Å²) >= 11 is 10.3. The number of hydrazone groups is 2. The molecule has 2 heterocycles. The average Bonchev–Trinajstić information content (AvgIpc) is 3.22. The molecule has 0 bridgehead atoms. The molecule has 1 atom stereocenters. The van der Waals surface area contributed by atoms with Crippen molar-refractivity contribution in [3.63, 3.8) is 0 Å². The molecule has 0 amide bonds. The summed E-state index contributed by atoms with van der Waals surface area (Å²) in [5, 5.41) is 9.27. The molecule has 1 aromatic heterocycles. The van der Waals surface area contributed by atoms with Gasteiger partial charge < -0.3 is 34.4 Å². The fraction of sp³-hybridized carbons (Fsp3) is 0.579. The molecule has 0 spiro atoms. The maximum absolute atomic E-state index is 6.14. The molecule has 0 aromatic carbocycles. The van der Waals surface area contributed by atoms with Crippen LogP contribution in [0, 0.1) is 0 Å². The van der Waals surface area contributed by atoms with Crippen LogP contribution in [0.25, 0.3) is 0 Å². The van der Waals surface area contributed by atoms with Gasteiger partial charge in [0.1, 0.15) is 11.5 Å². The van der Waals surface area contributed by atoms with Gasteiger partial charge in [-0.2, -0.15) is 10.2 Å². The third kappa shape index (κ3) is 8.83. The molecule has 0 aliphatic carbocycles. The first-order chi connectivity index (χ1) is 14.5. The molecule has 175 valence electrons. The minimum atomic E-state index is 0. The van der Waals surface area contributed by atoms with E-state index < -0.39 is 0 Å². The van der Waals surface area contributed by atoms with Gasteiger partial charge in [0, 0.05) is 26.2 Å². The minimum absolute atomic E-state index is 0. The smallest absolute Gasteiger partial charge is 0.741 e. The minimum Gasteiger partial charge on any atom is -0.741 e. The molecule has 0 unspecified atom stereocenters. The van der Waals surface area contributed by atoms with Crippen molar-refractivity contribution in [2.24, 2.45) is 20.2 Å². The van der Waals surface area contributed by atoms with Gasteiger partial charge in [-0.1, -0.05) is 0 Å². The van der Waals surface area contributed by atoms with E-state index in [2.05, 4.69) is 42.9 Å². The molecule has 1 aromatic rings. The van der Waals surface area contributed by atoms with Gasteiger partial charge in [-0.3, -0.25) is 25.7 Å². The molecule has 2 rings (SSSR count). The summed E-state index contributed by atoms with van der Waals surface area (Å²) in [6.45, 7) is 12.1. The maximum Gasteiger partial charge on any atom is 2.00 e. The summed E-state index contributed by atoms with van der Waals surface area (Å²) in [6, 6.07) is 3.96. The summed E-state index contributed by atoms with van der Waals surface area (Å²) in [5.41, 5.74) is 6.59. The van der Waals surface area contributed by atoms with E-state index in [0.29, 0.717) is 40.6 Å². The van der Waals surface area contributed by atoms with E-state index in [4.69, 9.17) is 34.4 Å². The number of hydrogen-bond acceptors (Lipinski definition) is 9. The van der Waals surface area contributed by atoms with Gasteiger partial charge in [0.15, 0.2) is 5.76 Å². The third-order valence-corrected chi connectivity index (χ3v) is 4.83. The van der Waals surface area contributed by atoms with E-state index in [1.54, 1.807) is 6.92 Å². The van der Waals surface area contributed by atoms with E-state index in [1.807, 2.05) is 26.0 Å². The second-order valence-corrected chi connectivity index (χ2v) is 7.24. The first kappa shape index (κ1) is 27.5. The van der Waals surface area contributed by atoms with Crippen LogP contribution in [0.5, 0.6) is 0 Å². The molecule has 1 radical (unpaired) electrons. The van der Waals surface area contributed by atoms with Crippen LogP contribution in [0.1, 0.15) is 45.3 Å². The van der Waals surface area contributed by atoms with Gasteiger partial charge in [0.2, 0.25) is 0 Å². The molecule has 2 N–H and O–H groups in total.